The summed E-state index contributed by atoms with van der Waals surface area (Å²) < 4.78 is 79.4. The highest BCUT2D eigenvalue weighted by Gasteiger charge is 2.31. The fourth-order valence-corrected chi connectivity index (χ4v) is 6.08. The highest BCUT2D eigenvalue weighted by atomic mass is 32.1. The Morgan fingerprint density at radius 3 is 2.43 bits per heavy atom. The largest absolute Gasteiger partial charge is 0.454 e. The molecular weight excluding hydrogens is 647 g/mol. The molecule has 0 bridgehead atoms. The minimum Gasteiger partial charge on any atom is -0.454 e. The molecule has 3 N–H and O–H groups in total. The summed E-state index contributed by atoms with van der Waals surface area (Å²) in [5.41, 5.74) is -0.864. The second-order valence-corrected chi connectivity index (χ2v) is 12.0. The van der Waals surface area contributed by atoms with Crippen LogP contribution in [-0.4, -0.2) is 42.5 Å². The normalized spacial score (nSPS) is 16.5. The van der Waals surface area contributed by atoms with E-state index in [4.69, 9.17) is 9.47 Å². The number of fused-ring (bicyclic) bond motifs is 1. The molecule has 15 heteroatoms. The van der Waals surface area contributed by atoms with Crippen LogP contribution >= 0.6 is 11.3 Å². The molecule has 47 heavy (non-hydrogen) atoms. The Morgan fingerprint density at radius 2 is 1.70 bits per heavy atom. The lowest BCUT2D eigenvalue weighted by atomic mass is 9.85. The number of hydrogen-bond donors (Lipinski definition) is 3. The van der Waals surface area contributed by atoms with Crippen molar-refractivity contribution in [2.75, 3.05) is 24.4 Å². The summed E-state index contributed by atoms with van der Waals surface area (Å²) in [6.45, 7) is -0.0242. The summed E-state index contributed by atoms with van der Waals surface area (Å²) in [4.78, 5) is 41.4. The third-order valence-corrected chi connectivity index (χ3v) is 8.40. The number of hydrogen-bond acceptors (Lipinski definition) is 7. The molecule has 3 amide bonds. The Hall–Kier alpha value is -4.63. The van der Waals surface area contributed by atoms with Crippen LogP contribution in [0.2, 0.25) is 0 Å². The minimum atomic E-state index is -4.58. The van der Waals surface area contributed by atoms with Crippen LogP contribution in [0, 0.1) is 17.6 Å². The van der Waals surface area contributed by atoms with Crippen molar-refractivity contribution in [3.8, 4) is 11.5 Å². The zero-order chi connectivity index (χ0) is 33.7. The van der Waals surface area contributed by atoms with Crippen LogP contribution in [-0.2, 0) is 31.7 Å². The molecule has 5 rings (SSSR count). The van der Waals surface area contributed by atoms with Crippen molar-refractivity contribution in [3.05, 3.63) is 77.4 Å². The third kappa shape index (κ3) is 8.80. The molecule has 1 fully saturated rings. The molecule has 4 aromatic rings. The number of anilines is 2. The Morgan fingerprint density at radius 1 is 0.936 bits per heavy atom. The molecule has 0 spiro atoms. The summed E-state index contributed by atoms with van der Waals surface area (Å²) in [5, 5.41) is 8.25. The van der Waals surface area contributed by atoms with Crippen molar-refractivity contribution in [3.63, 3.8) is 0 Å². The monoisotopic (exact) mass is 676 g/mol. The summed E-state index contributed by atoms with van der Waals surface area (Å²) >= 11 is 1.11. The number of alkyl halides is 3. The lowest BCUT2D eigenvalue weighted by Gasteiger charge is -2.28. The molecule has 0 saturated heterocycles. The number of benzene rings is 3. The van der Waals surface area contributed by atoms with E-state index in [1.165, 1.54) is 31.4 Å². The molecule has 3 aromatic carbocycles. The maximum Gasteiger partial charge on any atom is 0.416 e. The maximum absolute atomic E-state index is 15.0. The van der Waals surface area contributed by atoms with Crippen molar-refractivity contribution < 1.29 is 45.8 Å². The van der Waals surface area contributed by atoms with Gasteiger partial charge in [0.25, 0.3) is 0 Å². The zero-order valence-corrected chi connectivity index (χ0v) is 25.7. The molecule has 0 aliphatic heterocycles. The van der Waals surface area contributed by atoms with Crippen LogP contribution in [0.3, 0.4) is 0 Å². The van der Waals surface area contributed by atoms with E-state index in [2.05, 4.69) is 20.9 Å². The van der Waals surface area contributed by atoms with Gasteiger partial charge in [0, 0.05) is 37.3 Å². The molecular formula is C32H29F5N4O5S. The number of amides is 3. The number of rotatable bonds is 10. The smallest absolute Gasteiger partial charge is 0.416 e. The van der Waals surface area contributed by atoms with Crippen LogP contribution in [0.1, 0.15) is 36.8 Å². The van der Waals surface area contributed by atoms with Crippen molar-refractivity contribution >= 4 is 50.1 Å². The number of thiazole rings is 1. The SMILES string of the molecule is COCC(=O)NC1CCC(C(=O)Nc2nc3cc(F)c(Oc4ccc(F)c(NC(=O)Cc5cccc(C(F)(F)F)c5)c4)cc3s2)CC1. The van der Waals surface area contributed by atoms with E-state index >= 15 is 0 Å². The summed E-state index contributed by atoms with van der Waals surface area (Å²) in [5.74, 6) is -3.33. The molecule has 0 radical (unpaired) electrons. The van der Waals surface area contributed by atoms with Gasteiger partial charge in [0.15, 0.2) is 16.7 Å². The average molecular weight is 677 g/mol. The number of methoxy groups -OCH3 is 1. The predicted octanol–water partition coefficient (Wildman–Crippen LogP) is 6.83. The average Bonchev–Trinajstić information content (AvgIpc) is 3.39. The standard InChI is InChI=1S/C32H29F5N4O5S/c1-45-16-29(43)38-20-7-5-18(6-8-20)30(44)41-31-40-25-14-23(34)26(15-27(25)47-31)46-21-9-10-22(33)24(13-21)39-28(42)12-17-3-2-4-19(11-17)32(35,36)37/h2-4,9-11,13-15,18,20H,5-8,12,16H2,1H3,(H,38,43)(H,39,42)(H,40,41,44). The van der Waals surface area contributed by atoms with Gasteiger partial charge in [-0.2, -0.15) is 13.2 Å². The van der Waals surface area contributed by atoms with Gasteiger partial charge in [-0.15, -0.1) is 0 Å². The maximum atomic E-state index is 15.0. The fourth-order valence-electron chi connectivity index (χ4n) is 5.20. The van der Waals surface area contributed by atoms with Gasteiger partial charge in [-0.3, -0.25) is 14.4 Å². The Balaban J connectivity index is 1.21. The fraction of sp³-hybridized carbons (Fsp3) is 0.312. The number of nitrogens with zero attached hydrogens (tertiary/aromatic N) is 1. The molecule has 9 nitrogen and oxygen atoms in total. The van der Waals surface area contributed by atoms with Crippen LogP contribution < -0.4 is 20.7 Å². The van der Waals surface area contributed by atoms with Crippen molar-refractivity contribution in [2.45, 2.75) is 44.3 Å². The van der Waals surface area contributed by atoms with Gasteiger partial charge in [0.2, 0.25) is 17.7 Å². The van der Waals surface area contributed by atoms with E-state index in [1.807, 2.05) is 0 Å². The van der Waals surface area contributed by atoms with Crippen molar-refractivity contribution in [1.82, 2.24) is 10.3 Å². The van der Waals surface area contributed by atoms with Gasteiger partial charge in [0.1, 0.15) is 18.2 Å². The van der Waals surface area contributed by atoms with E-state index in [1.54, 1.807) is 0 Å². The van der Waals surface area contributed by atoms with E-state index in [0.29, 0.717) is 30.4 Å². The van der Waals surface area contributed by atoms with Gasteiger partial charge in [-0.1, -0.05) is 29.5 Å². The Kier molecular flexibility index (Phi) is 10.3. The predicted molar refractivity (Wildman–Crippen MR) is 164 cm³/mol. The zero-order valence-electron chi connectivity index (χ0n) is 24.9. The van der Waals surface area contributed by atoms with Crippen molar-refractivity contribution in [2.24, 2.45) is 5.92 Å². The first-order chi connectivity index (χ1) is 22.4. The van der Waals surface area contributed by atoms with Crippen LogP contribution in [0.4, 0.5) is 32.8 Å². The molecule has 1 aliphatic rings. The third-order valence-electron chi connectivity index (χ3n) is 7.47. The first-order valence-corrected chi connectivity index (χ1v) is 15.3. The van der Waals surface area contributed by atoms with E-state index < -0.39 is 35.7 Å². The summed E-state index contributed by atoms with van der Waals surface area (Å²) in [7, 11) is 1.44. The van der Waals surface area contributed by atoms with Gasteiger partial charge in [-0.25, -0.2) is 13.8 Å². The minimum absolute atomic E-state index is 0.0222. The first kappa shape index (κ1) is 33.7. The second-order valence-electron chi connectivity index (χ2n) is 11.0. The molecule has 0 unspecified atom stereocenters. The molecule has 1 aromatic heterocycles. The van der Waals surface area contributed by atoms with E-state index in [-0.39, 0.29) is 63.8 Å². The number of carbonyl (C=O) groups excluding carboxylic acids is 3. The quantitative estimate of drug-likeness (QED) is 0.159. The Labute approximate surface area is 269 Å². The number of carbonyl (C=O) groups is 3. The topological polar surface area (TPSA) is 119 Å². The second kappa shape index (κ2) is 14.4. The van der Waals surface area contributed by atoms with Gasteiger partial charge in [0.05, 0.1) is 27.9 Å². The van der Waals surface area contributed by atoms with Crippen molar-refractivity contribution in [1.29, 1.82) is 0 Å². The molecule has 1 saturated carbocycles. The van der Waals surface area contributed by atoms with E-state index in [9.17, 15) is 36.3 Å². The first-order valence-electron chi connectivity index (χ1n) is 14.5. The van der Waals surface area contributed by atoms with Crippen LogP contribution in [0.5, 0.6) is 11.5 Å². The lowest BCUT2D eigenvalue weighted by Crippen LogP contribution is -2.40. The molecule has 1 aliphatic carbocycles. The molecule has 248 valence electrons. The van der Waals surface area contributed by atoms with Gasteiger partial charge in [-0.05, 0) is 49.4 Å². The Bertz CT molecular complexity index is 1790. The molecule has 1 heterocycles. The van der Waals surface area contributed by atoms with Gasteiger partial charge < -0.3 is 25.4 Å². The summed E-state index contributed by atoms with van der Waals surface area (Å²) in [6, 6.07) is 10.1. The number of nitrogens with one attached hydrogen (secondary N) is 3. The number of ether oxygens (including phenoxy) is 2. The number of halogens is 5. The number of aromatic nitrogens is 1. The highest BCUT2D eigenvalue weighted by molar-refractivity contribution is 7.22. The molecule has 0 atom stereocenters. The van der Waals surface area contributed by atoms with Crippen LogP contribution in [0.25, 0.3) is 10.2 Å². The van der Waals surface area contributed by atoms with Crippen LogP contribution in [0.15, 0.2) is 54.6 Å². The van der Waals surface area contributed by atoms with E-state index in [0.717, 1.165) is 41.7 Å². The highest BCUT2D eigenvalue weighted by Crippen LogP contribution is 2.35. The lowest BCUT2D eigenvalue weighted by molar-refractivity contribution is -0.137. The van der Waals surface area contributed by atoms with Gasteiger partial charge >= 0.3 is 6.18 Å². The summed E-state index contributed by atoms with van der Waals surface area (Å²) in [6.07, 6.45) is -2.59.